The third-order valence-corrected chi connectivity index (χ3v) is 5.45. The fraction of sp³-hybridized carbons (Fsp3) is 0.400. The predicted octanol–water partition coefficient (Wildman–Crippen LogP) is 4.99. The van der Waals surface area contributed by atoms with E-state index in [1.54, 1.807) is 36.4 Å². The molecule has 1 heterocycles. The molecule has 8 heteroatoms. The first-order chi connectivity index (χ1) is 13.5. The molecule has 1 aliphatic carbocycles. The normalized spacial score (nSPS) is 23.6. The van der Waals surface area contributed by atoms with Crippen molar-refractivity contribution in [2.45, 2.75) is 50.1 Å². The molecule has 0 bridgehead atoms. The smallest absolute Gasteiger partial charge is 0.275 e. The Morgan fingerprint density at radius 2 is 1.18 bits per heavy atom. The van der Waals surface area contributed by atoms with E-state index in [-0.39, 0.29) is 11.4 Å². The summed E-state index contributed by atoms with van der Waals surface area (Å²) in [5.74, 6) is -0.860. The van der Waals surface area contributed by atoms with E-state index in [1.165, 1.54) is 12.1 Å². The molecular formula is C20H20N2O6. The topological polar surface area (TPSA) is 105 Å². The van der Waals surface area contributed by atoms with Crippen LogP contribution >= 0.6 is 0 Å². The predicted molar refractivity (Wildman–Crippen MR) is 99.7 cm³/mol. The lowest BCUT2D eigenvalue weighted by Crippen LogP contribution is -2.32. The van der Waals surface area contributed by atoms with Gasteiger partial charge < -0.3 is 9.47 Å². The highest BCUT2D eigenvalue weighted by atomic mass is 16.8. The Hall–Kier alpha value is -2.84. The quantitative estimate of drug-likeness (QED) is 0.543. The summed E-state index contributed by atoms with van der Waals surface area (Å²) < 4.78 is 12.6. The van der Waals surface area contributed by atoms with E-state index < -0.39 is 27.8 Å². The van der Waals surface area contributed by atoms with Crippen LogP contribution in [-0.4, -0.2) is 15.6 Å². The molecule has 0 aromatic heterocycles. The lowest BCUT2D eigenvalue weighted by Gasteiger charge is -2.31. The molecule has 2 aromatic carbocycles. The summed E-state index contributed by atoms with van der Waals surface area (Å²) in [6.45, 7) is 0. The number of rotatable bonds is 4. The monoisotopic (exact) mass is 384 g/mol. The van der Waals surface area contributed by atoms with Crippen LogP contribution in [0.5, 0.6) is 0 Å². The molecule has 0 unspecified atom stereocenters. The highest BCUT2D eigenvalue weighted by Gasteiger charge is 2.51. The van der Waals surface area contributed by atoms with Gasteiger partial charge in [0.1, 0.15) is 12.2 Å². The van der Waals surface area contributed by atoms with Gasteiger partial charge in [-0.3, -0.25) is 20.2 Å². The second kappa shape index (κ2) is 7.29. The van der Waals surface area contributed by atoms with E-state index in [1.807, 2.05) is 0 Å². The third kappa shape index (κ3) is 3.25. The van der Waals surface area contributed by atoms with E-state index in [0.29, 0.717) is 24.0 Å². The van der Waals surface area contributed by atoms with Crippen molar-refractivity contribution in [1.82, 2.24) is 0 Å². The third-order valence-electron chi connectivity index (χ3n) is 5.45. The summed E-state index contributed by atoms with van der Waals surface area (Å²) in [7, 11) is 0. The van der Waals surface area contributed by atoms with Gasteiger partial charge in [0, 0.05) is 25.0 Å². The maximum absolute atomic E-state index is 11.6. The zero-order valence-electron chi connectivity index (χ0n) is 15.2. The van der Waals surface area contributed by atoms with Crippen molar-refractivity contribution in [2.75, 3.05) is 0 Å². The Kier molecular flexibility index (Phi) is 4.82. The number of hydrogen-bond donors (Lipinski definition) is 0. The Morgan fingerprint density at radius 1 is 0.750 bits per heavy atom. The molecule has 4 rings (SSSR count). The van der Waals surface area contributed by atoms with Crippen LogP contribution in [0.2, 0.25) is 0 Å². The average Bonchev–Trinajstić information content (AvgIpc) is 3.07. The lowest BCUT2D eigenvalue weighted by molar-refractivity contribution is -0.387. The van der Waals surface area contributed by atoms with Gasteiger partial charge in [-0.15, -0.1) is 0 Å². The molecule has 2 atom stereocenters. The van der Waals surface area contributed by atoms with Crippen molar-refractivity contribution < 1.29 is 19.3 Å². The van der Waals surface area contributed by atoms with Crippen molar-refractivity contribution in [3.63, 3.8) is 0 Å². The molecule has 1 saturated carbocycles. The van der Waals surface area contributed by atoms with Crippen LogP contribution in [0.4, 0.5) is 11.4 Å². The van der Waals surface area contributed by atoms with Crippen LogP contribution < -0.4 is 0 Å². The molecule has 0 N–H and O–H groups in total. The molecule has 0 amide bonds. The van der Waals surface area contributed by atoms with Gasteiger partial charge >= 0.3 is 0 Å². The van der Waals surface area contributed by atoms with E-state index in [0.717, 1.165) is 19.3 Å². The maximum atomic E-state index is 11.6. The van der Waals surface area contributed by atoms with Crippen LogP contribution in [0.25, 0.3) is 0 Å². The first-order valence-corrected chi connectivity index (χ1v) is 9.33. The van der Waals surface area contributed by atoms with E-state index in [2.05, 4.69) is 0 Å². The molecule has 0 radical (unpaired) electrons. The summed E-state index contributed by atoms with van der Waals surface area (Å²) in [5.41, 5.74) is 0.594. The fourth-order valence-electron chi connectivity index (χ4n) is 4.18. The van der Waals surface area contributed by atoms with Crippen molar-refractivity contribution in [3.8, 4) is 0 Å². The minimum atomic E-state index is -0.860. The molecule has 2 aliphatic rings. The van der Waals surface area contributed by atoms with Gasteiger partial charge in [-0.25, -0.2) is 0 Å². The largest absolute Gasteiger partial charge is 0.339 e. The van der Waals surface area contributed by atoms with Crippen molar-refractivity contribution in [2.24, 2.45) is 0 Å². The first kappa shape index (κ1) is 18.5. The van der Waals surface area contributed by atoms with E-state index in [4.69, 9.17) is 9.47 Å². The standard InChI is InChI=1S/C20H20N2O6/c23-21(24)16-10-4-2-8-14(16)18-19(15-9-3-5-11-17(15)22(25)26)28-20(27-18)12-6-1-7-13-20/h2-5,8-11,18-19H,1,6-7,12-13H2/t18-,19-/m1/s1. The molecule has 2 fully saturated rings. The van der Waals surface area contributed by atoms with Crippen LogP contribution in [-0.2, 0) is 9.47 Å². The number of nitro groups is 2. The van der Waals surface area contributed by atoms with Crippen LogP contribution in [0, 0.1) is 20.2 Å². The average molecular weight is 384 g/mol. The highest BCUT2D eigenvalue weighted by molar-refractivity contribution is 5.47. The summed E-state index contributed by atoms with van der Waals surface area (Å²) in [6.07, 6.45) is 2.67. The van der Waals surface area contributed by atoms with Gasteiger partial charge in [0.2, 0.25) is 0 Å². The minimum absolute atomic E-state index is 0.0763. The number of hydrogen-bond acceptors (Lipinski definition) is 6. The van der Waals surface area contributed by atoms with Crippen molar-refractivity contribution in [3.05, 3.63) is 79.9 Å². The number of benzene rings is 2. The van der Waals surface area contributed by atoms with Gasteiger partial charge in [0.25, 0.3) is 11.4 Å². The van der Waals surface area contributed by atoms with Gasteiger partial charge in [-0.2, -0.15) is 0 Å². The Labute approximate surface area is 161 Å². The van der Waals surface area contributed by atoms with Gasteiger partial charge in [0.15, 0.2) is 5.79 Å². The van der Waals surface area contributed by atoms with Gasteiger partial charge in [-0.05, 0) is 25.0 Å². The summed E-state index contributed by atoms with van der Waals surface area (Å²) >= 11 is 0. The molecule has 2 aromatic rings. The highest BCUT2D eigenvalue weighted by Crippen LogP contribution is 2.54. The van der Waals surface area contributed by atoms with Crippen LogP contribution in [0.15, 0.2) is 48.5 Å². The summed E-state index contributed by atoms with van der Waals surface area (Å²) in [5, 5.41) is 23.1. The molecule has 28 heavy (non-hydrogen) atoms. The molecule has 146 valence electrons. The number of nitrogens with zero attached hydrogens (tertiary/aromatic N) is 2. The van der Waals surface area contributed by atoms with Crippen molar-refractivity contribution in [1.29, 1.82) is 0 Å². The summed E-state index contributed by atoms with van der Waals surface area (Å²) in [6, 6.07) is 12.7. The van der Waals surface area contributed by atoms with E-state index >= 15 is 0 Å². The molecule has 1 spiro atoms. The Balaban J connectivity index is 1.83. The second-order valence-electron chi connectivity index (χ2n) is 7.18. The lowest BCUT2D eigenvalue weighted by atomic mass is 9.94. The van der Waals surface area contributed by atoms with Gasteiger partial charge in [0.05, 0.1) is 21.0 Å². The van der Waals surface area contributed by atoms with Crippen LogP contribution in [0.1, 0.15) is 55.4 Å². The molecule has 1 saturated heterocycles. The molecular weight excluding hydrogens is 364 g/mol. The zero-order chi connectivity index (χ0) is 19.7. The zero-order valence-corrected chi connectivity index (χ0v) is 15.2. The summed E-state index contributed by atoms with van der Waals surface area (Å²) in [4.78, 5) is 22.2. The Bertz CT molecular complexity index is 842. The first-order valence-electron chi connectivity index (χ1n) is 9.33. The maximum Gasteiger partial charge on any atom is 0.275 e. The SMILES string of the molecule is O=[N+]([O-])c1ccccc1[C@H]1OC2(CCCCC2)O[C@@H]1c1ccccc1[N+](=O)[O-]. The van der Waals surface area contributed by atoms with Gasteiger partial charge in [-0.1, -0.05) is 30.7 Å². The second-order valence-corrected chi connectivity index (χ2v) is 7.18. The van der Waals surface area contributed by atoms with E-state index in [9.17, 15) is 20.2 Å². The van der Waals surface area contributed by atoms with Crippen molar-refractivity contribution >= 4 is 11.4 Å². The number of para-hydroxylation sites is 2. The molecule has 8 nitrogen and oxygen atoms in total. The molecule has 1 aliphatic heterocycles. The fourth-order valence-corrected chi connectivity index (χ4v) is 4.18. The van der Waals surface area contributed by atoms with Crippen LogP contribution in [0.3, 0.4) is 0 Å². The Morgan fingerprint density at radius 3 is 1.61 bits per heavy atom. The minimum Gasteiger partial charge on any atom is -0.339 e. The number of nitro benzene ring substituents is 2. The number of ether oxygens (including phenoxy) is 2.